The van der Waals surface area contributed by atoms with E-state index in [9.17, 15) is 18.4 Å². The number of methoxy groups -OCH3 is 2. The predicted molar refractivity (Wildman–Crippen MR) is 113 cm³/mol. The van der Waals surface area contributed by atoms with Gasteiger partial charge in [-0.15, -0.1) is 0 Å². The van der Waals surface area contributed by atoms with Crippen LogP contribution in [0.25, 0.3) is 0 Å². The zero-order valence-electron chi connectivity index (χ0n) is 17.9. The Hall–Kier alpha value is -3.02. The lowest BCUT2D eigenvalue weighted by molar-refractivity contribution is -0.292. The molecule has 0 aliphatic rings. The molecule has 2 aromatic carbocycles. The van der Waals surface area contributed by atoms with Gasteiger partial charge in [-0.2, -0.15) is 4.39 Å². The molecule has 1 aromatic heterocycles. The molecule has 0 unspecified atom stereocenters. The van der Waals surface area contributed by atoms with Crippen LogP contribution in [0, 0.1) is 23.7 Å². The van der Waals surface area contributed by atoms with E-state index >= 15 is 0 Å². The number of ether oxygens (including phenoxy) is 2. The summed E-state index contributed by atoms with van der Waals surface area (Å²) in [5.74, 6) is -1.17. The first-order valence-electron chi connectivity index (χ1n) is 9.53. The van der Waals surface area contributed by atoms with Crippen LogP contribution in [0.1, 0.15) is 23.7 Å². The summed E-state index contributed by atoms with van der Waals surface area (Å²) in [6.45, 7) is 3.08. The number of hydrogen-bond acceptors (Lipinski definition) is 8. The Morgan fingerprint density at radius 1 is 1.00 bits per heavy atom. The van der Waals surface area contributed by atoms with E-state index in [1.54, 1.807) is 25.1 Å². The van der Waals surface area contributed by atoms with Gasteiger partial charge in [0.2, 0.25) is 10.3 Å². The van der Waals surface area contributed by atoms with Gasteiger partial charge in [-0.05, 0) is 37.1 Å². The highest BCUT2D eigenvalue weighted by atomic mass is 32.1. The number of thiazole rings is 1. The minimum Gasteiger partial charge on any atom is -0.497 e. The molecule has 3 rings (SSSR count). The maximum Gasteiger partial charge on any atom is 0.207 e. The van der Waals surface area contributed by atoms with Gasteiger partial charge in [-0.25, -0.2) is 18.8 Å². The summed E-state index contributed by atoms with van der Waals surface area (Å²) in [6, 6.07) is 6.82. The smallest absolute Gasteiger partial charge is 0.207 e. The first-order chi connectivity index (χ1) is 15.3. The Balaban J connectivity index is 1.97. The number of benzene rings is 2. The third-order valence-electron chi connectivity index (χ3n) is 4.63. The van der Waals surface area contributed by atoms with Crippen molar-refractivity contribution in [1.82, 2.24) is 10.3 Å². The number of aromatic nitrogens is 1. The average Bonchev–Trinajstić information content (AvgIpc) is 3.11. The topological polar surface area (TPSA) is 67.3 Å². The molecule has 32 heavy (non-hydrogen) atoms. The minimum atomic E-state index is -1.01. The van der Waals surface area contributed by atoms with Crippen LogP contribution in [-0.4, -0.2) is 29.7 Å². The van der Waals surface area contributed by atoms with Gasteiger partial charge in [0.15, 0.2) is 11.6 Å². The highest BCUT2D eigenvalue weighted by Crippen LogP contribution is 2.32. The fourth-order valence-electron chi connectivity index (χ4n) is 2.87. The fraction of sp³-hybridized carbons (Fsp3) is 0.286. The highest BCUT2D eigenvalue weighted by molar-refractivity contribution is 7.14. The standard InChI is InChI=1S/C21H22F3N3O4S/c1-5-13-8-19(17(23)10-16(13)22)31-27(28)26(21-25-12(2)20(24)32-21)11-14-6-7-15(29-3)9-18(14)30-4/h6-10,28H,5,11H2,1-4H3. The van der Waals surface area contributed by atoms with Crippen molar-refractivity contribution in [2.75, 3.05) is 19.2 Å². The van der Waals surface area contributed by atoms with Crippen LogP contribution in [0.4, 0.5) is 18.3 Å². The van der Waals surface area contributed by atoms with Crippen molar-refractivity contribution in [2.24, 2.45) is 0 Å². The fourth-order valence-corrected chi connectivity index (χ4v) is 3.65. The Bertz CT molecular complexity index is 1080. The van der Waals surface area contributed by atoms with Gasteiger partial charge in [-0.1, -0.05) is 18.3 Å². The van der Waals surface area contributed by atoms with E-state index in [4.69, 9.17) is 14.3 Å². The molecule has 0 atom stereocenters. The van der Waals surface area contributed by atoms with Crippen LogP contribution in [0.2, 0.25) is 0 Å². The van der Waals surface area contributed by atoms with Gasteiger partial charge in [0, 0.05) is 17.7 Å². The normalized spacial score (nSPS) is 11.0. The molecule has 1 N–H and O–H groups in total. The number of hydrazine groups is 1. The van der Waals surface area contributed by atoms with Gasteiger partial charge in [0.05, 0.1) is 31.8 Å². The van der Waals surface area contributed by atoms with Gasteiger partial charge in [0.25, 0.3) is 0 Å². The summed E-state index contributed by atoms with van der Waals surface area (Å²) < 4.78 is 52.7. The first kappa shape index (κ1) is 23.6. The van der Waals surface area contributed by atoms with Crippen molar-refractivity contribution < 1.29 is 32.7 Å². The number of aryl methyl sites for hydroxylation is 2. The molecule has 172 valence electrons. The number of halogens is 3. The van der Waals surface area contributed by atoms with E-state index in [-0.39, 0.29) is 34.7 Å². The third-order valence-corrected chi connectivity index (χ3v) is 5.59. The van der Waals surface area contributed by atoms with Gasteiger partial charge >= 0.3 is 0 Å². The Kier molecular flexibility index (Phi) is 7.44. The largest absolute Gasteiger partial charge is 0.497 e. The maximum atomic E-state index is 14.3. The van der Waals surface area contributed by atoms with Crippen LogP contribution in [0.15, 0.2) is 30.3 Å². The van der Waals surface area contributed by atoms with Crippen molar-refractivity contribution in [2.45, 2.75) is 26.8 Å². The van der Waals surface area contributed by atoms with Crippen LogP contribution in [0.5, 0.6) is 17.2 Å². The summed E-state index contributed by atoms with van der Waals surface area (Å²) in [4.78, 5) is 9.35. The molecule has 11 heteroatoms. The molecular formula is C21H22F3N3O4S. The van der Waals surface area contributed by atoms with Gasteiger partial charge in [-0.3, -0.25) is 5.21 Å². The molecule has 0 amide bonds. The molecule has 1 heterocycles. The van der Waals surface area contributed by atoms with E-state index in [2.05, 4.69) is 4.98 Å². The van der Waals surface area contributed by atoms with Gasteiger partial charge < -0.3 is 14.3 Å². The highest BCUT2D eigenvalue weighted by Gasteiger charge is 2.25. The quantitative estimate of drug-likeness (QED) is 0.440. The van der Waals surface area contributed by atoms with Crippen LogP contribution in [0.3, 0.4) is 0 Å². The van der Waals surface area contributed by atoms with E-state index in [1.165, 1.54) is 21.1 Å². The van der Waals surface area contributed by atoms with Crippen LogP contribution < -0.4 is 19.3 Å². The van der Waals surface area contributed by atoms with Crippen molar-refractivity contribution >= 4 is 16.5 Å². The molecule has 0 saturated heterocycles. The lowest BCUT2D eigenvalue weighted by atomic mass is 10.1. The lowest BCUT2D eigenvalue weighted by Gasteiger charge is -2.28. The molecule has 3 aromatic rings. The summed E-state index contributed by atoms with van der Waals surface area (Å²) in [5.41, 5.74) is 0.888. The number of rotatable bonds is 9. The van der Waals surface area contributed by atoms with Gasteiger partial charge in [0.1, 0.15) is 17.3 Å². The average molecular weight is 469 g/mol. The zero-order valence-corrected chi connectivity index (χ0v) is 18.7. The molecule has 0 bridgehead atoms. The predicted octanol–water partition coefficient (Wildman–Crippen LogP) is 5.06. The van der Waals surface area contributed by atoms with Crippen molar-refractivity contribution in [3.05, 3.63) is 63.9 Å². The summed E-state index contributed by atoms with van der Waals surface area (Å²) in [6.07, 6.45) is 0.289. The van der Waals surface area contributed by atoms with E-state index in [0.29, 0.717) is 34.5 Å². The summed E-state index contributed by atoms with van der Waals surface area (Å²) in [7, 11) is 2.97. The molecule has 0 saturated carbocycles. The molecule has 0 spiro atoms. The first-order valence-corrected chi connectivity index (χ1v) is 10.3. The van der Waals surface area contributed by atoms with Crippen molar-refractivity contribution in [1.29, 1.82) is 0 Å². The van der Waals surface area contributed by atoms with Crippen molar-refractivity contribution in [3.8, 4) is 17.2 Å². The van der Waals surface area contributed by atoms with E-state index < -0.39 is 22.5 Å². The van der Waals surface area contributed by atoms with Crippen LogP contribution in [-0.2, 0) is 13.0 Å². The molecule has 7 nitrogen and oxygen atoms in total. The Morgan fingerprint density at radius 3 is 2.34 bits per heavy atom. The van der Waals surface area contributed by atoms with E-state index in [1.807, 2.05) is 0 Å². The molecule has 0 radical (unpaired) electrons. The molecule has 0 aliphatic heterocycles. The lowest BCUT2D eigenvalue weighted by Crippen LogP contribution is -2.42. The molecule has 0 fully saturated rings. The van der Waals surface area contributed by atoms with E-state index in [0.717, 1.165) is 11.1 Å². The third kappa shape index (κ3) is 5.06. The SMILES string of the molecule is CCc1cc(ON(O)N(Cc2ccc(OC)cc2OC)c2nc(C)c(F)s2)c(F)cc1F. The Labute approximate surface area is 187 Å². The Morgan fingerprint density at radius 2 is 1.75 bits per heavy atom. The monoisotopic (exact) mass is 469 g/mol. The number of anilines is 1. The second-order valence-electron chi connectivity index (χ2n) is 6.66. The molecular weight excluding hydrogens is 447 g/mol. The minimum absolute atomic E-state index is 0.0404. The zero-order chi connectivity index (χ0) is 23.4. The van der Waals surface area contributed by atoms with Crippen molar-refractivity contribution in [3.63, 3.8) is 0 Å². The number of nitrogens with zero attached hydrogens (tertiary/aromatic N) is 3. The summed E-state index contributed by atoms with van der Waals surface area (Å²) in [5, 5.41) is 11.5. The van der Waals surface area contributed by atoms with Crippen LogP contribution >= 0.6 is 11.3 Å². The second kappa shape index (κ2) is 10.1. The number of hydrogen-bond donors (Lipinski definition) is 1. The maximum absolute atomic E-state index is 14.3. The second-order valence-corrected chi connectivity index (χ2v) is 7.59. The summed E-state index contributed by atoms with van der Waals surface area (Å²) >= 11 is 0.663. The molecule has 0 aliphatic carbocycles.